The third-order valence-corrected chi connectivity index (χ3v) is 3.48. The number of aliphatic hydroxyl groups is 1. The van der Waals surface area contributed by atoms with Crippen LogP contribution in [0.2, 0.25) is 0 Å². The number of aliphatic hydroxyl groups excluding tert-OH is 1. The highest BCUT2D eigenvalue weighted by atomic mass is 16.5. The summed E-state index contributed by atoms with van der Waals surface area (Å²) in [7, 11) is 0. The molecule has 1 saturated carbocycles. The molecule has 0 saturated heterocycles. The van der Waals surface area contributed by atoms with Crippen LogP contribution in [0.5, 0.6) is 0 Å². The van der Waals surface area contributed by atoms with E-state index in [4.69, 9.17) is 4.74 Å². The molecule has 0 atom stereocenters. The van der Waals surface area contributed by atoms with Gasteiger partial charge in [0.05, 0.1) is 13.2 Å². The summed E-state index contributed by atoms with van der Waals surface area (Å²) in [6.07, 6.45) is 5.77. The first-order chi connectivity index (χ1) is 8.22. The van der Waals surface area contributed by atoms with Crippen molar-refractivity contribution in [2.75, 3.05) is 26.4 Å². The van der Waals surface area contributed by atoms with Crippen molar-refractivity contribution in [2.45, 2.75) is 45.4 Å². The average Bonchev–Trinajstić information content (AvgIpc) is 2.82. The third kappa shape index (κ3) is 5.04. The summed E-state index contributed by atoms with van der Waals surface area (Å²) in [5.41, 5.74) is -0.0556. The second kappa shape index (κ2) is 7.67. The zero-order valence-corrected chi connectivity index (χ0v) is 10.8. The molecule has 0 radical (unpaired) electrons. The predicted molar refractivity (Wildman–Crippen MR) is 66.7 cm³/mol. The van der Waals surface area contributed by atoms with Crippen LogP contribution in [-0.2, 0) is 9.53 Å². The summed E-state index contributed by atoms with van der Waals surface area (Å²) >= 11 is 0. The molecule has 1 fully saturated rings. The number of hydrogen-bond acceptors (Lipinski definition) is 3. The highest BCUT2D eigenvalue weighted by Gasteiger charge is 2.33. The molecule has 0 bridgehead atoms. The number of carbonyl (C=O) groups is 1. The smallest absolute Gasteiger partial charge is 0.222 e. The van der Waals surface area contributed by atoms with Gasteiger partial charge in [-0.05, 0) is 19.3 Å². The first-order valence-corrected chi connectivity index (χ1v) is 6.68. The van der Waals surface area contributed by atoms with Gasteiger partial charge in [0.2, 0.25) is 5.91 Å². The lowest BCUT2D eigenvalue weighted by Gasteiger charge is -2.26. The molecule has 1 rings (SSSR count). The minimum Gasteiger partial charge on any atom is -0.396 e. The number of ether oxygens (including phenoxy) is 1. The van der Waals surface area contributed by atoms with Gasteiger partial charge in [0.1, 0.15) is 0 Å². The zero-order valence-electron chi connectivity index (χ0n) is 10.8. The van der Waals surface area contributed by atoms with Crippen LogP contribution < -0.4 is 5.32 Å². The minimum absolute atomic E-state index is 0.0285. The highest BCUT2D eigenvalue weighted by molar-refractivity contribution is 5.76. The standard InChI is InChI=1S/C13H25NO3/c1-2-8-17-9-5-12(16)14-10-13(11-15)6-3-4-7-13/h15H,2-11H2,1H3,(H,14,16). The molecule has 0 aromatic heterocycles. The number of hydrogen-bond donors (Lipinski definition) is 2. The molecule has 0 aliphatic heterocycles. The Balaban J connectivity index is 2.14. The Bertz CT molecular complexity index is 225. The third-order valence-electron chi connectivity index (χ3n) is 3.48. The fraction of sp³-hybridized carbons (Fsp3) is 0.923. The van der Waals surface area contributed by atoms with E-state index >= 15 is 0 Å². The van der Waals surface area contributed by atoms with Crippen LogP contribution in [0.25, 0.3) is 0 Å². The maximum atomic E-state index is 11.5. The van der Waals surface area contributed by atoms with E-state index in [2.05, 4.69) is 5.32 Å². The van der Waals surface area contributed by atoms with Crippen molar-refractivity contribution in [1.82, 2.24) is 5.32 Å². The van der Waals surface area contributed by atoms with Gasteiger partial charge in [0.25, 0.3) is 0 Å². The predicted octanol–water partition coefficient (Wildman–Crippen LogP) is 1.47. The van der Waals surface area contributed by atoms with Gasteiger partial charge in [-0.25, -0.2) is 0 Å². The average molecular weight is 243 g/mol. The molecule has 4 nitrogen and oxygen atoms in total. The Morgan fingerprint density at radius 3 is 2.65 bits per heavy atom. The van der Waals surface area contributed by atoms with Crippen LogP contribution >= 0.6 is 0 Å². The Morgan fingerprint density at radius 1 is 1.35 bits per heavy atom. The maximum Gasteiger partial charge on any atom is 0.222 e. The van der Waals surface area contributed by atoms with Crippen molar-refractivity contribution in [1.29, 1.82) is 0 Å². The molecule has 1 aliphatic carbocycles. The zero-order chi connectivity index (χ0) is 12.6. The molecule has 0 unspecified atom stereocenters. The first-order valence-electron chi connectivity index (χ1n) is 6.68. The monoisotopic (exact) mass is 243 g/mol. The van der Waals surface area contributed by atoms with Crippen LogP contribution in [0.15, 0.2) is 0 Å². The van der Waals surface area contributed by atoms with Crippen molar-refractivity contribution in [3.8, 4) is 0 Å². The number of carbonyl (C=O) groups excluding carboxylic acids is 1. The SMILES string of the molecule is CCCOCCC(=O)NCC1(CO)CCCC1. The molecule has 100 valence electrons. The fourth-order valence-electron chi connectivity index (χ4n) is 2.30. The maximum absolute atomic E-state index is 11.5. The van der Waals surface area contributed by atoms with Gasteiger partial charge in [-0.3, -0.25) is 4.79 Å². The van der Waals surface area contributed by atoms with E-state index in [9.17, 15) is 9.90 Å². The molecular weight excluding hydrogens is 218 g/mol. The van der Waals surface area contributed by atoms with Gasteiger partial charge in [0, 0.05) is 25.0 Å². The van der Waals surface area contributed by atoms with Gasteiger partial charge < -0.3 is 15.2 Å². The summed E-state index contributed by atoms with van der Waals surface area (Å²) in [6, 6.07) is 0. The summed E-state index contributed by atoms with van der Waals surface area (Å²) in [4.78, 5) is 11.5. The summed E-state index contributed by atoms with van der Waals surface area (Å²) in [5, 5.41) is 12.3. The lowest BCUT2D eigenvalue weighted by molar-refractivity contribution is -0.122. The molecule has 2 N–H and O–H groups in total. The van der Waals surface area contributed by atoms with E-state index < -0.39 is 0 Å². The lowest BCUT2D eigenvalue weighted by Crippen LogP contribution is -2.38. The van der Waals surface area contributed by atoms with Gasteiger partial charge in [-0.1, -0.05) is 19.8 Å². The van der Waals surface area contributed by atoms with Crippen LogP contribution in [0, 0.1) is 5.41 Å². The normalized spacial score (nSPS) is 18.2. The molecular formula is C13H25NO3. The molecule has 0 aromatic carbocycles. The van der Waals surface area contributed by atoms with Crippen LogP contribution in [0.1, 0.15) is 45.4 Å². The number of nitrogens with one attached hydrogen (secondary N) is 1. The second-order valence-corrected chi connectivity index (χ2v) is 5.00. The summed E-state index contributed by atoms with van der Waals surface area (Å²) < 4.78 is 5.27. The topological polar surface area (TPSA) is 58.6 Å². The minimum atomic E-state index is -0.0556. The van der Waals surface area contributed by atoms with Crippen molar-refractivity contribution in [2.24, 2.45) is 5.41 Å². The van der Waals surface area contributed by atoms with Crippen LogP contribution in [0.4, 0.5) is 0 Å². The number of rotatable bonds is 8. The molecule has 4 heteroatoms. The van der Waals surface area contributed by atoms with E-state index in [0.29, 0.717) is 26.2 Å². The van der Waals surface area contributed by atoms with E-state index in [1.54, 1.807) is 0 Å². The van der Waals surface area contributed by atoms with Crippen molar-refractivity contribution < 1.29 is 14.6 Å². The van der Waals surface area contributed by atoms with E-state index in [1.807, 2.05) is 6.92 Å². The Morgan fingerprint density at radius 2 is 2.06 bits per heavy atom. The van der Waals surface area contributed by atoms with Crippen molar-refractivity contribution >= 4 is 5.91 Å². The van der Waals surface area contributed by atoms with Gasteiger partial charge in [-0.2, -0.15) is 0 Å². The fourth-order valence-corrected chi connectivity index (χ4v) is 2.30. The quantitative estimate of drug-likeness (QED) is 0.635. The van der Waals surface area contributed by atoms with Gasteiger partial charge in [0.15, 0.2) is 0 Å². The molecule has 17 heavy (non-hydrogen) atoms. The lowest BCUT2D eigenvalue weighted by atomic mass is 9.87. The molecule has 0 spiro atoms. The Hall–Kier alpha value is -0.610. The summed E-state index contributed by atoms with van der Waals surface area (Å²) in [6.45, 7) is 4.04. The number of amides is 1. The van der Waals surface area contributed by atoms with Crippen LogP contribution in [0.3, 0.4) is 0 Å². The van der Waals surface area contributed by atoms with Crippen LogP contribution in [-0.4, -0.2) is 37.4 Å². The van der Waals surface area contributed by atoms with E-state index in [1.165, 1.54) is 0 Å². The first kappa shape index (κ1) is 14.5. The van der Waals surface area contributed by atoms with Crippen molar-refractivity contribution in [3.05, 3.63) is 0 Å². The van der Waals surface area contributed by atoms with Gasteiger partial charge in [-0.15, -0.1) is 0 Å². The van der Waals surface area contributed by atoms with E-state index in [0.717, 1.165) is 32.1 Å². The van der Waals surface area contributed by atoms with Crippen molar-refractivity contribution in [3.63, 3.8) is 0 Å². The Labute approximate surface area is 104 Å². The Kier molecular flexibility index (Phi) is 6.52. The largest absolute Gasteiger partial charge is 0.396 e. The van der Waals surface area contributed by atoms with Gasteiger partial charge >= 0.3 is 0 Å². The second-order valence-electron chi connectivity index (χ2n) is 5.00. The highest BCUT2D eigenvalue weighted by Crippen LogP contribution is 2.36. The molecule has 1 aliphatic rings. The molecule has 0 heterocycles. The van der Waals surface area contributed by atoms with E-state index in [-0.39, 0.29) is 17.9 Å². The molecule has 1 amide bonds. The summed E-state index contributed by atoms with van der Waals surface area (Å²) in [5.74, 6) is 0.0285. The molecule has 0 aromatic rings.